The van der Waals surface area contributed by atoms with E-state index >= 15 is 0 Å². The third-order valence-electron chi connectivity index (χ3n) is 4.51. The zero-order valence-electron chi connectivity index (χ0n) is 14.0. The van der Waals surface area contributed by atoms with E-state index in [1.165, 1.54) is 15.6 Å². The maximum atomic E-state index is 12.8. The highest BCUT2D eigenvalue weighted by Crippen LogP contribution is 2.25. The second-order valence-corrected chi connectivity index (χ2v) is 9.64. The van der Waals surface area contributed by atoms with Crippen LogP contribution in [0.15, 0.2) is 0 Å². The molecule has 2 aliphatic heterocycles. The molecule has 3 heterocycles. The Hall–Kier alpha value is -1.03. The van der Waals surface area contributed by atoms with E-state index in [0.29, 0.717) is 50.6 Å². The Bertz CT molecular complexity index is 710. The summed E-state index contributed by atoms with van der Waals surface area (Å²) in [4.78, 5) is 19.3. The number of likely N-dealkylation sites (tertiary alicyclic amines) is 1. The number of carbonyl (C=O) groups excluding carboxylic acids is 1. The number of hydrogen-bond donors (Lipinski definition) is 0. The van der Waals surface area contributed by atoms with Gasteiger partial charge in [0.05, 0.1) is 29.2 Å². The Balaban J connectivity index is 1.74. The molecule has 2 fully saturated rings. The van der Waals surface area contributed by atoms with Crippen LogP contribution in [0.5, 0.6) is 0 Å². The van der Waals surface area contributed by atoms with Gasteiger partial charge in [0.25, 0.3) is 5.91 Å². The molecule has 1 aromatic heterocycles. The number of aryl methyl sites for hydroxylation is 2. The molecule has 1 atom stereocenters. The van der Waals surface area contributed by atoms with E-state index in [-0.39, 0.29) is 12.5 Å². The molecule has 134 valence electrons. The van der Waals surface area contributed by atoms with Crippen LogP contribution < -0.4 is 0 Å². The summed E-state index contributed by atoms with van der Waals surface area (Å²) in [6.45, 7) is 6.24. The minimum atomic E-state index is -3.39. The van der Waals surface area contributed by atoms with Crippen molar-refractivity contribution in [2.45, 2.75) is 31.9 Å². The molecule has 2 aliphatic rings. The van der Waals surface area contributed by atoms with Crippen molar-refractivity contribution in [3.8, 4) is 0 Å². The van der Waals surface area contributed by atoms with Crippen molar-refractivity contribution < 1.29 is 17.9 Å². The number of ether oxygens (including phenoxy) is 1. The highest BCUT2D eigenvalue weighted by molar-refractivity contribution is 7.89. The van der Waals surface area contributed by atoms with Gasteiger partial charge in [0.1, 0.15) is 4.88 Å². The van der Waals surface area contributed by atoms with Crippen LogP contribution >= 0.6 is 11.3 Å². The molecule has 9 heteroatoms. The highest BCUT2D eigenvalue weighted by atomic mass is 32.2. The summed E-state index contributed by atoms with van der Waals surface area (Å²) < 4.78 is 32.4. The third-order valence-corrected chi connectivity index (χ3v) is 7.89. The van der Waals surface area contributed by atoms with Crippen LogP contribution in [0.3, 0.4) is 0 Å². The van der Waals surface area contributed by atoms with E-state index in [1.54, 1.807) is 4.90 Å². The van der Waals surface area contributed by atoms with Crippen molar-refractivity contribution >= 4 is 27.3 Å². The van der Waals surface area contributed by atoms with Gasteiger partial charge in [-0.2, -0.15) is 4.31 Å². The molecule has 7 nitrogen and oxygen atoms in total. The molecule has 1 aromatic rings. The lowest BCUT2D eigenvalue weighted by molar-refractivity contribution is 0.0687. The van der Waals surface area contributed by atoms with Crippen LogP contribution in [0.4, 0.5) is 0 Å². The predicted octanol–water partition coefficient (Wildman–Crippen LogP) is 1.03. The number of piperidine rings is 1. The van der Waals surface area contributed by atoms with E-state index < -0.39 is 15.3 Å². The van der Waals surface area contributed by atoms with Crippen molar-refractivity contribution in [2.24, 2.45) is 0 Å². The van der Waals surface area contributed by atoms with Gasteiger partial charge in [0.2, 0.25) is 10.0 Å². The molecule has 24 heavy (non-hydrogen) atoms. The maximum Gasteiger partial charge on any atom is 0.265 e. The first kappa shape index (κ1) is 17.8. The monoisotopic (exact) mass is 373 g/mol. The van der Waals surface area contributed by atoms with Gasteiger partial charge in [0.15, 0.2) is 0 Å². The molecule has 0 saturated carbocycles. The number of aromatic nitrogens is 1. The van der Waals surface area contributed by atoms with E-state index in [2.05, 4.69) is 4.98 Å². The first-order chi connectivity index (χ1) is 11.4. The fraction of sp³-hybridized carbons (Fsp3) is 0.733. The predicted molar refractivity (Wildman–Crippen MR) is 91.8 cm³/mol. The highest BCUT2D eigenvalue weighted by Gasteiger charge is 2.37. The van der Waals surface area contributed by atoms with Crippen molar-refractivity contribution in [1.82, 2.24) is 14.2 Å². The number of rotatable bonds is 3. The summed E-state index contributed by atoms with van der Waals surface area (Å²) in [5, 5.41) is 0.327. The SMILES string of the molecule is Cc1nc(C)c(C(=O)N2CCC[C@@H](S(=O)(=O)N3CCOCC3)C2)s1. The lowest BCUT2D eigenvalue weighted by atomic mass is 10.1. The molecular formula is C15H23N3O4S2. The first-order valence-corrected chi connectivity index (χ1v) is 10.5. The maximum absolute atomic E-state index is 12.8. The summed E-state index contributed by atoms with van der Waals surface area (Å²) >= 11 is 1.37. The summed E-state index contributed by atoms with van der Waals surface area (Å²) in [5.41, 5.74) is 0.723. The normalized spacial score (nSPS) is 23.4. The average Bonchev–Trinajstić information content (AvgIpc) is 2.93. The molecule has 2 saturated heterocycles. The van der Waals surface area contributed by atoms with E-state index in [9.17, 15) is 13.2 Å². The third kappa shape index (κ3) is 3.49. The number of hydrogen-bond acceptors (Lipinski definition) is 6. The van der Waals surface area contributed by atoms with Gasteiger partial charge in [-0.15, -0.1) is 11.3 Å². The van der Waals surface area contributed by atoms with Gasteiger partial charge in [-0.25, -0.2) is 13.4 Å². The van der Waals surface area contributed by atoms with Crippen LogP contribution in [-0.4, -0.2) is 73.2 Å². The summed E-state index contributed by atoms with van der Waals surface area (Å²) in [6, 6.07) is 0. The summed E-state index contributed by atoms with van der Waals surface area (Å²) in [7, 11) is -3.39. The minimum Gasteiger partial charge on any atom is -0.379 e. The number of carbonyl (C=O) groups is 1. The lowest BCUT2D eigenvalue weighted by Gasteiger charge is -2.36. The molecular weight excluding hydrogens is 350 g/mol. The number of thiazole rings is 1. The quantitative estimate of drug-likeness (QED) is 0.790. The van der Waals surface area contributed by atoms with Crippen LogP contribution in [-0.2, 0) is 14.8 Å². The Morgan fingerprint density at radius 3 is 2.58 bits per heavy atom. The fourth-order valence-electron chi connectivity index (χ4n) is 3.25. The van der Waals surface area contributed by atoms with Crippen LogP contribution in [0.25, 0.3) is 0 Å². The van der Waals surface area contributed by atoms with Crippen LogP contribution in [0.2, 0.25) is 0 Å². The zero-order chi connectivity index (χ0) is 17.3. The molecule has 1 amide bonds. The summed E-state index contributed by atoms with van der Waals surface area (Å²) in [5.74, 6) is -0.0972. The Labute approximate surface area is 146 Å². The number of morpholine rings is 1. The molecule has 0 aliphatic carbocycles. The van der Waals surface area contributed by atoms with Crippen molar-refractivity contribution in [2.75, 3.05) is 39.4 Å². The molecule has 0 radical (unpaired) electrons. The molecule has 0 spiro atoms. The average molecular weight is 374 g/mol. The van der Waals surface area contributed by atoms with Crippen LogP contribution in [0, 0.1) is 13.8 Å². The fourth-order valence-corrected chi connectivity index (χ4v) is 6.05. The van der Waals surface area contributed by atoms with Crippen molar-refractivity contribution in [3.05, 3.63) is 15.6 Å². The molecule has 0 bridgehead atoms. The lowest BCUT2D eigenvalue weighted by Crippen LogP contribution is -2.51. The first-order valence-electron chi connectivity index (χ1n) is 8.19. The van der Waals surface area contributed by atoms with E-state index in [1.807, 2.05) is 13.8 Å². The molecule has 0 N–H and O–H groups in total. The van der Waals surface area contributed by atoms with Gasteiger partial charge in [0, 0.05) is 26.2 Å². The number of amides is 1. The van der Waals surface area contributed by atoms with E-state index in [4.69, 9.17) is 4.74 Å². The van der Waals surface area contributed by atoms with E-state index in [0.717, 1.165) is 10.7 Å². The number of nitrogens with zero attached hydrogens (tertiary/aromatic N) is 3. The topological polar surface area (TPSA) is 79.8 Å². The molecule has 3 rings (SSSR count). The van der Waals surface area contributed by atoms with Gasteiger partial charge in [-0.3, -0.25) is 4.79 Å². The largest absolute Gasteiger partial charge is 0.379 e. The Morgan fingerprint density at radius 1 is 1.25 bits per heavy atom. The van der Waals surface area contributed by atoms with Crippen LogP contribution in [0.1, 0.15) is 33.2 Å². The second-order valence-electron chi connectivity index (χ2n) is 6.22. The van der Waals surface area contributed by atoms with Gasteiger partial charge in [-0.1, -0.05) is 0 Å². The van der Waals surface area contributed by atoms with Crippen molar-refractivity contribution in [3.63, 3.8) is 0 Å². The molecule has 0 unspecified atom stereocenters. The summed E-state index contributed by atoms with van der Waals surface area (Å²) in [6.07, 6.45) is 1.31. The van der Waals surface area contributed by atoms with Gasteiger partial charge < -0.3 is 9.64 Å². The smallest absolute Gasteiger partial charge is 0.265 e. The minimum absolute atomic E-state index is 0.0972. The Kier molecular flexibility index (Phi) is 5.24. The second kappa shape index (κ2) is 7.07. The van der Waals surface area contributed by atoms with Gasteiger partial charge in [-0.05, 0) is 26.7 Å². The zero-order valence-corrected chi connectivity index (χ0v) is 15.7. The number of sulfonamides is 1. The standard InChI is InChI=1S/C15H23N3O4S2/c1-11-14(23-12(2)16-11)15(19)17-5-3-4-13(10-17)24(20,21)18-6-8-22-9-7-18/h13H,3-10H2,1-2H3/t13-/m1/s1. The van der Waals surface area contributed by atoms with Gasteiger partial charge >= 0.3 is 0 Å². The molecule has 0 aromatic carbocycles. The van der Waals surface area contributed by atoms with Crippen molar-refractivity contribution in [1.29, 1.82) is 0 Å². The Morgan fingerprint density at radius 2 is 1.96 bits per heavy atom.